The minimum atomic E-state index is 0.134. The highest BCUT2D eigenvalue weighted by atomic mass is 16.5. The Morgan fingerprint density at radius 2 is 1.74 bits per heavy atom. The number of ether oxygens (including phenoxy) is 1. The first-order valence-corrected chi connectivity index (χ1v) is 9.87. The van der Waals surface area contributed by atoms with Gasteiger partial charge in [0.15, 0.2) is 0 Å². The molecule has 3 heterocycles. The molecule has 2 aromatic rings. The fraction of sp³-hybridized carbons (Fsp3) is 0.524. The number of hydrogen-bond acceptors (Lipinski definition) is 4. The fourth-order valence-electron chi connectivity index (χ4n) is 4.32. The molecule has 2 atom stereocenters. The zero-order chi connectivity index (χ0) is 18.8. The van der Waals surface area contributed by atoms with Gasteiger partial charge in [-0.25, -0.2) is 4.98 Å². The Kier molecular flexibility index (Phi) is 5.27. The van der Waals surface area contributed by atoms with Crippen LogP contribution in [0.2, 0.25) is 0 Å². The number of aromatic nitrogens is 2. The highest BCUT2D eigenvalue weighted by molar-refractivity contribution is 5.94. The maximum atomic E-state index is 12.9. The van der Waals surface area contributed by atoms with Crippen molar-refractivity contribution in [1.29, 1.82) is 0 Å². The van der Waals surface area contributed by atoms with Crippen LogP contribution in [0.15, 0.2) is 43.0 Å². The Hall–Kier alpha value is -2.18. The van der Waals surface area contributed by atoms with Crippen LogP contribution in [-0.4, -0.2) is 69.7 Å². The molecule has 1 aromatic carbocycles. The van der Waals surface area contributed by atoms with Gasteiger partial charge in [0.1, 0.15) is 0 Å². The Bertz CT molecular complexity index is 741. The molecule has 6 heteroatoms. The Morgan fingerprint density at radius 1 is 1.07 bits per heavy atom. The summed E-state index contributed by atoms with van der Waals surface area (Å²) in [6, 6.07) is 8.33. The van der Waals surface area contributed by atoms with Crippen LogP contribution in [0, 0.1) is 0 Å². The largest absolute Gasteiger partial charge is 0.373 e. The van der Waals surface area contributed by atoms with Crippen LogP contribution in [0.5, 0.6) is 0 Å². The van der Waals surface area contributed by atoms with E-state index in [0.717, 1.165) is 50.3 Å². The number of carbonyl (C=O) groups is 1. The maximum Gasteiger partial charge on any atom is 0.253 e. The predicted octanol–water partition coefficient (Wildman–Crippen LogP) is 2.59. The van der Waals surface area contributed by atoms with E-state index in [4.69, 9.17) is 4.74 Å². The molecule has 0 radical (unpaired) electrons. The number of nitrogens with zero attached hydrogens (tertiary/aromatic N) is 4. The second kappa shape index (κ2) is 7.82. The molecule has 2 aliphatic rings. The summed E-state index contributed by atoms with van der Waals surface area (Å²) in [6.45, 7) is 7.95. The van der Waals surface area contributed by atoms with Gasteiger partial charge in [0, 0.05) is 55.9 Å². The summed E-state index contributed by atoms with van der Waals surface area (Å²) in [7, 11) is 0. The van der Waals surface area contributed by atoms with Crippen molar-refractivity contribution in [2.45, 2.75) is 44.9 Å². The van der Waals surface area contributed by atoms with Gasteiger partial charge >= 0.3 is 0 Å². The number of imidazole rings is 1. The van der Waals surface area contributed by atoms with E-state index < -0.39 is 0 Å². The van der Waals surface area contributed by atoms with Crippen LogP contribution in [0.3, 0.4) is 0 Å². The molecule has 0 spiro atoms. The summed E-state index contributed by atoms with van der Waals surface area (Å²) in [6.07, 6.45) is 8.07. The summed E-state index contributed by atoms with van der Waals surface area (Å²) < 4.78 is 7.78. The van der Waals surface area contributed by atoms with Crippen molar-refractivity contribution in [2.75, 3.05) is 26.2 Å². The zero-order valence-electron chi connectivity index (χ0n) is 16.1. The molecule has 2 fully saturated rings. The average molecular weight is 368 g/mol. The van der Waals surface area contributed by atoms with Crippen LogP contribution >= 0.6 is 0 Å². The normalized spacial score (nSPS) is 24.9. The number of piperidine rings is 1. The van der Waals surface area contributed by atoms with E-state index in [0.29, 0.717) is 18.2 Å². The molecule has 1 amide bonds. The Morgan fingerprint density at radius 3 is 2.33 bits per heavy atom. The van der Waals surface area contributed by atoms with Gasteiger partial charge in [-0.15, -0.1) is 0 Å². The molecule has 144 valence electrons. The van der Waals surface area contributed by atoms with E-state index >= 15 is 0 Å². The van der Waals surface area contributed by atoms with Crippen molar-refractivity contribution in [2.24, 2.45) is 0 Å². The minimum absolute atomic E-state index is 0.134. The van der Waals surface area contributed by atoms with E-state index in [-0.39, 0.29) is 5.91 Å². The van der Waals surface area contributed by atoms with Crippen molar-refractivity contribution < 1.29 is 9.53 Å². The van der Waals surface area contributed by atoms with Crippen molar-refractivity contribution in [3.8, 4) is 5.69 Å². The molecule has 6 nitrogen and oxygen atoms in total. The summed E-state index contributed by atoms with van der Waals surface area (Å²) in [5, 5.41) is 0. The standard InChI is InChI=1S/C21H28N4O2/c1-16-13-25(14-17(2)27-16)20-7-10-23(11-8-20)21(26)18-3-5-19(6-4-18)24-12-9-22-15-24/h3-6,9,12,15-17,20H,7-8,10-11,13-14H2,1-2H3/t16-,17+. The smallest absolute Gasteiger partial charge is 0.253 e. The van der Waals surface area contributed by atoms with E-state index in [1.54, 1.807) is 12.5 Å². The third-order valence-electron chi connectivity index (χ3n) is 5.63. The topological polar surface area (TPSA) is 50.6 Å². The van der Waals surface area contributed by atoms with Gasteiger partial charge in [-0.05, 0) is 51.0 Å². The highest BCUT2D eigenvalue weighted by Crippen LogP contribution is 2.22. The summed E-state index contributed by atoms with van der Waals surface area (Å²) in [4.78, 5) is 21.5. The summed E-state index contributed by atoms with van der Waals surface area (Å²) in [5.74, 6) is 0.134. The van der Waals surface area contributed by atoms with Crippen LogP contribution in [-0.2, 0) is 4.74 Å². The third kappa shape index (κ3) is 4.06. The first kappa shape index (κ1) is 18.2. The number of likely N-dealkylation sites (tertiary alicyclic amines) is 1. The van der Waals surface area contributed by atoms with Gasteiger partial charge in [-0.1, -0.05) is 0 Å². The van der Waals surface area contributed by atoms with Gasteiger partial charge in [0.2, 0.25) is 0 Å². The van der Waals surface area contributed by atoms with Crippen molar-refractivity contribution in [1.82, 2.24) is 19.4 Å². The molecule has 1 aromatic heterocycles. The number of rotatable bonds is 3. The number of carbonyl (C=O) groups excluding carboxylic acids is 1. The van der Waals surface area contributed by atoms with Crippen molar-refractivity contribution in [3.05, 3.63) is 48.5 Å². The number of hydrogen-bond donors (Lipinski definition) is 0. The minimum Gasteiger partial charge on any atom is -0.373 e. The van der Waals surface area contributed by atoms with Gasteiger partial charge in [-0.2, -0.15) is 0 Å². The molecule has 0 saturated carbocycles. The lowest BCUT2D eigenvalue weighted by molar-refractivity contribution is -0.0856. The van der Waals surface area contributed by atoms with Crippen LogP contribution in [0.25, 0.3) is 5.69 Å². The van der Waals surface area contributed by atoms with Crippen molar-refractivity contribution in [3.63, 3.8) is 0 Å². The summed E-state index contributed by atoms with van der Waals surface area (Å²) in [5.41, 5.74) is 1.77. The fourth-order valence-corrected chi connectivity index (χ4v) is 4.32. The van der Waals surface area contributed by atoms with E-state index in [2.05, 4.69) is 23.7 Å². The number of amides is 1. The monoisotopic (exact) mass is 368 g/mol. The first-order chi connectivity index (χ1) is 13.1. The SMILES string of the molecule is C[C@@H]1CN(C2CCN(C(=O)c3ccc(-n4ccnc4)cc3)CC2)C[C@H](C)O1. The van der Waals surface area contributed by atoms with Crippen LogP contribution in [0.1, 0.15) is 37.0 Å². The third-order valence-corrected chi connectivity index (χ3v) is 5.63. The average Bonchev–Trinajstić information content (AvgIpc) is 3.22. The Balaban J connectivity index is 1.34. The summed E-state index contributed by atoms with van der Waals surface area (Å²) >= 11 is 0. The number of benzene rings is 1. The number of morpholine rings is 1. The van der Waals surface area contributed by atoms with E-state index in [1.165, 1.54) is 0 Å². The van der Waals surface area contributed by atoms with Gasteiger partial charge in [0.05, 0.1) is 18.5 Å². The molecule has 4 rings (SSSR count). The first-order valence-electron chi connectivity index (χ1n) is 9.87. The molecule has 0 N–H and O–H groups in total. The Labute approximate surface area is 160 Å². The quantitative estimate of drug-likeness (QED) is 0.836. The zero-order valence-corrected chi connectivity index (χ0v) is 16.1. The second-order valence-corrected chi connectivity index (χ2v) is 7.75. The van der Waals surface area contributed by atoms with Crippen molar-refractivity contribution >= 4 is 5.91 Å². The predicted molar refractivity (Wildman–Crippen MR) is 104 cm³/mol. The lowest BCUT2D eigenvalue weighted by atomic mass is 10.0. The molecule has 2 saturated heterocycles. The van der Waals surface area contributed by atoms with Gasteiger partial charge < -0.3 is 14.2 Å². The molecular weight excluding hydrogens is 340 g/mol. The lowest BCUT2D eigenvalue weighted by Crippen LogP contribution is -2.53. The highest BCUT2D eigenvalue weighted by Gasteiger charge is 2.31. The lowest BCUT2D eigenvalue weighted by Gasteiger charge is -2.43. The second-order valence-electron chi connectivity index (χ2n) is 7.75. The van der Waals surface area contributed by atoms with E-state index in [9.17, 15) is 4.79 Å². The van der Waals surface area contributed by atoms with Crippen LogP contribution < -0.4 is 0 Å². The van der Waals surface area contributed by atoms with Gasteiger partial charge in [-0.3, -0.25) is 9.69 Å². The van der Waals surface area contributed by atoms with Crippen LogP contribution in [0.4, 0.5) is 0 Å². The molecule has 27 heavy (non-hydrogen) atoms. The molecule has 0 unspecified atom stereocenters. The molecule has 0 aliphatic carbocycles. The van der Waals surface area contributed by atoms with E-state index in [1.807, 2.05) is 39.9 Å². The molecule has 2 aliphatic heterocycles. The maximum absolute atomic E-state index is 12.9. The van der Waals surface area contributed by atoms with Gasteiger partial charge in [0.25, 0.3) is 5.91 Å². The molecular formula is C21H28N4O2. The molecule has 0 bridgehead atoms.